The van der Waals surface area contributed by atoms with Crippen LogP contribution in [-0.4, -0.2) is 10.1 Å². The number of aliphatic hydroxyl groups excluding tert-OH is 1. The number of hydrogen-bond acceptors (Lipinski definition) is 3. The van der Waals surface area contributed by atoms with Gasteiger partial charge in [-0.15, -0.1) is 0 Å². The number of halogens is 3. The maximum absolute atomic E-state index is 12.4. The minimum atomic E-state index is -4.36. The highest BCUT2D eigenvalue weighted by Crippen LogP contribution is 2.31. The van der Waals surface area contributed by atoms with Crippen LogP contribution in [0.1, 0.15) is 11.1 Å². The first kappa shape index (κ1) is 13.4. The Kier molecular flexibility index (Phi) is 3.44. The van der Waals surface area contributed by atoms with Crippen molar-refractivity contribution in [2.75, 3.05) is 5.73 Å². The molecule has 1 aromatic carbocycles. The largest absolute Gasteiger partial charge is 0.416 e. The van der Waals surface area contributed by atoms with Crippen LogP contribution in [0, 0.1) is 0 Å². The Bertz CT molecular complexity index is 579. The normalized spacial score (nSPS) is 11.6. The van der Waals surface area contributed by atoms with Crippen molar-refractivity contribution in [1.29, 1.82) is 0 Å². The third-order valence-corrected chi connectivity index (χ3v) is 2.64. The summed E-state index contributed by atoms with van der Waals surface area (Å²) in [5.74, 6) is 0. The van der Waals surface area contributed by atoms with Gasteiger partial charge in [0.15, 0.2) is 0 Å². The molecule has 0 aliphatic carbocycles. The lowest BCUT2D eigenvalue weighted by Crippen LogP contribution is -2.04. The van der Waals surface area contributed by atoms with E-state index in [9.17, 15) is 13.2 Å². The molecule has 2 aromatic rings. The predicted octanol–water partition coefficient (Wildman–Crippen LogP) is 2.84. The summed E-state index contributed by atoms with van der Waals surface area (Å²) in [6, 6.07) is 6.15. The summed E-state index contributed by atoms with van der Waals surface area (Å²) < 4.78 is 37.3. The van der Waals surface area contributed by atoms with Crippen LogP contribution >= 0.6 is 0 Å². The molecule has 1 heterocycles. The third kappa shape index (κ3) is 2.85. The van der Waals surface area contributed by atoms with Crippen LogP contribution < -0.4 is 5.73 Å². The zero-order chi connectivity index (χ0) is 14.0. The highest BCUT2D eigenvalue weighted by atomic mass is 19.4. The average Bonchev–Trinajstić information content (AvgIpc) is 2.37. The van der Waals surface area contributed by atoms with Crippen molar-refractivity contribution >= 4 is 5.69 Å². The monoisotopic (exact) mass is 268 g/mol. The van der Waals surface area contributed by atoms with E-state index in [1.807, 2.05) is 0 Å². The second kappa shape index (κ2) is 4.89. The molecule has 0 aliphatic heterocycles. The number of rotatable bonds is 2. The van der Waals surface area contributed by atoms with E-state index < -0.39 is 11.7 Å². The molecule has 6 heteroatoms. The Hall–Kier alpha value is -2.08. The molecule has 0 bridgehead atoms. The Balaban J connectivity index is 2.37. The van der Waals surface area contributed by atoms with Crippen LogP contribution in [0.3, 0.4) is 0 Å². The van der Waals surface area contributed by atoms with Crippen LogP contribution in [0.2, 0.25) is 0 Å². The van der Waals surface area contributed by atoms with E-state index in [1.54, 1.807) is 6.07 Å². The minimum absolute atomic E-state index is 0.190. The van der Waals surface area contributed by atoms with Gasteiger partial charge in [-0.2, -0.15) is 13.2 Å². The topological polar surface area (TPSA) is 59.1 Å². The summed E-state index contributed by atoms with van der Waals surface area (Å²) in [4.78, 5) is 4.04. The van der Waals surface area contributed by atoms with Gasteiger partial charge < -0.3 is 10.8 Å². The molecule has 0 radical (unpaired) electrons. The molecular formula is C13H11F3N2O. The summed E-state index contributed by atoms with van der Waals surface area (Å²) in [6.45, 7) is -0.190. The lowest BCUT2D eigenvalue weighted by atomic mass is 10.1. The molecule has 0 spiro atoms. The maximum Gasteiger partial charge on any atom is 0.416 e. The SMILES string of the molecule is Nc1cc(CO)cnc1-c1ccc(C(F)(F)F)cc1. The van der Waals surface area contributed by atoms with Crippen LogP contribution in [0.15, 0.2) is 36.5 Å². The van der Waals surface area contributed by atoms with Crippen molar-refractivity contribution in [2.24, 2.45) is 0 Å². The van der Waals surface area contributed by atoms with E-state index >= 15 is 0 Å². The van der Waals surface area contributed by atoms with Gasteiger partial charge in [0.05, 0.1) is 23.6 Å². The number of pyridine rings is 1. The molecule has 3 nitrogen and oxygen atoms in total. The zero-order valence-electron chi connectivity index (χ0n) is 9.78. The molecule has 0 saturated heterocycles. The fourth-order valence-corrected chi connectivity index (χ4v) is 1.67. The highest BCUT2D eigenvalue weighted by Gasteiger charge is 2.30. The van der Waals surface area contributed by atoms with Crippen LogP contribution in [0.25, 0.3) is 11.3 Å². The summed E-state index contributed by atoms with van der Waals surface area (Å²) in [7, 11) is 0. The Morgan fingerprint density at radius 1 is 1.16 bits per heavy atom. The van der Waals surface area contributed by atoms with Gasteiger partial charge in [-0.3, -0.25) is 4.98 Å². The molecular weight excluding hydrogens is 257 g/mol. The first-order chi connectivity index (χ1) is 8.91. The van der Waals surface area contributed by atoms with Crippen molar-refractivity contribution in [3.8, 4) is 11.3 Å². The second-order valence-corrected chi connectivity index (χ2v) is 4.01. The van der Waals surface area contributed by atoms with E-state index in [2.05, 4.69) is 4.98 Å². The van der Waals surface area contributed by atoms with Gasteiger partial charge in [0.2, 0.25) is 0 Å². The van der Waals surface area contributed by atoms with Crippen LogP contribution in [0.4, 0.5) is 18.9 Å². The zero-order valence-corrected chi connectivity index (χ0v) is 9.78. The van der Waals surface area contributed by atoms with E-state index in [0.29, 0.717) is 22.5 Å². The van der Waals surface area contributed by atoms with Crippen molar-refractivity contribution < 1.29 is 18.3 Å². The number of aliphatic hydroxyl groups is 1. The van der Waals surface area contributed by atoms with E-state index in [-0.39, 0.29) is 6.61 Å². The number of alkyl halides is 3. The Labute approximate surface area is 107 Å². The fraction of sp³-hybridized carbons (Fsp3) is 0.154. The second-order valence-electron chi connectivity index (χ2n) is 4.01. The summed E-state index contributed by atoms with van der Waals surface area (Å²) in [5, 5.41) is 8.93. The quantitative estimate of drug-likeness (QED) is 0.880. The van der Waals surface area contributed by atoms with Crippen molar-refractivity contribution in [3.05, 3.63) is 47.7 Å². The number of benzene rings is 1. The van der Waals surface area contributed by atoms with Crippen LogP contribution in [0.5, 0.6) is 0 Å². The van der Waals surface area contributed by atoms with E-state index in [0.717, 1.165) is 12.1 Å². The smallest absolute Gasteiger partial charge is 0.397 e. The Morgan fingerprint density at radius 2 is 1.79 bits per heavy atom. The van der Waals surface area contributed by atoms with Gasteiger partial charge in [-0.25, -0.2) is 0 Å². The fourth-order valence-electron chi connectivity index (χ4n) is 1.67. The molecule has 2 rings (SSSR count). The maximum atomic E-state index is 12.4. The molecule has 100 valence electrons. The molecule has 19 heavy (non-hydrogen) atoms. The number of nitrogen functional groups attached to an aromatic ring is 1. The molecule has 0 atom stereocenters. The average molecular weight is 268 g/mol. The van der Waals surface area contributed by atoms with Crippen molar-refractivity contribution in [1.82, 2.24) is 4.98 Å². The standard InChI is InChI=1S/C13H11F3N2O/c14-13(15,16)10-3-1-9(2-4-10)12-11(17)5-8(7-19)6-18-12/h1-6,19H,7,17H2. The van der Waals surface area contributed by atoms with Crippen molar-refractivity contribution in [3.63, 3.8) is 0 Å². The molecule has 0 unspecified atom stereocenters. The van der Waals surface area contributed by atoms with E-state index in [4.69, 9.17) is 10.8 Å². The molecule has 0 amide bonds. The first-order valence-electron chi connectivity index (χ1n) is 5.44. The summed E-state index contributed by atoms with van der Waals surface area (Å²) in [6.07, 6.45) is -2.93. The molecule has 3 N–H and O–H groups in total. The summed E-state index contributed by atoms with van der Waals surface area (Å²) >= 11 is 0. The van der Waals surface area contributed by atoms with Gasteiger partial charge in [0, 0.05) is 11.8 Å². The van der Waals surface area contributed by atoms with Gasteiger partial charge in [0.25, 0.3) is 0 Å². The van der Waals surface area contributed by atoms with Crippen LogP contribution in [-0.2, 0) is 12.8 Å². The van der Waals surface area contributed by atoms with E-state index in [1.165, 1.54) is 18.3 Å². The van der Waals surface area contributed by atoms with Gasteiger partial charge in [-0.05, 0) is 23.8 Å². The molecule has 0 saturated carbocycles. The predicted molar refractivity (Wildman–Crippen MR) is 65.0 cm³/mol. The number of hydrogen-bond donors (Lipinski definition) is 2. The molecule has 1 aromatic heterocycles. The molecule has 0 aliphatic rings. The van der Waals surface area contributed by atoms with Gasteiger partial charge in [-0.1, -0.05) is 12.1 Å². The van der Waals surface area contributed by atoms with Gasteiger partial charge >= 0.3 is 6.18 Å². The van der Waals surface area contributed by atoms with Crippen molar-refractivity contribution in [2.45, 2.75) is 12.8 Å². The number of anilines is 1. The minimum Gasteiger partial charge on any atom is -0.397 e. The third-order valence-electron chi connectivity index (χ3n) is 2.64. The summed E-state index contributed by atoms with van der Waals surface area (Å²) in [5.41, 5.74) is 6.79. The molecule has 0 fully saturated rings. The van der Waals surface area contributed by atoms with Gasteiger partial charge in [0.1, 0.15) is 0 Å². The number of nitrogens with two attached hydrogens (primary N) is 1. The number of aromatic nitrogens is 1. The Morgan fingerprint density at radius 3 is 2.26 bits per heavy atom. The lowest BCUT2D eigenvalue weighted by Gasteiger charge is -2.09. The highest BCUT2D eigenvalue weighted by molar-refractivity contribution is 5.72. The lowest BCUT2D eigenvalue weighted by molar-refractivity contribution is -0.137. The number of nitrogens with zero attached hydrogens (tertiary/aromatic N) is 1. The first-order valence-corrected chi connectivity index (χ1v) is 5.44.